The van der Waals surface area contributed by atoms with E-state index in [9.17, 15) is 8.78 Å². The molecule has 2 nitrogen and oxygen atoms in total. The molecule has 1 saturated carbocycles. The molecule has 0 aliphatic heterocycles. The largest absolute Gasteiger partial charge is 0.380 e. The summed E-state index contributed by atoms with van der Waals surface area (Å²) in [6.07, 6.45) is 2.17. The van der Waals surface area contributed by atoms with Crippen LogP contribution >= 0.6 is 0 Å². The third-order valence-corrected chi connectivity index (χ3v) is 2.95. The van der Waals surface area contributed by atoms with Crippen molar-refractivity contribution < 1.29 is 13.5 Å². The molecule has 0 aromatic heterocycles. The first-order chi connectivity index (χ1) is 7.54. The van der Waals surface area contributed by atoms with E-state index >= 15 is 0 Å². The van der Waals surface area contributed by atoms with Crippen molar-refractivity contribution in [1.82, 2.24) is 0 Å². The van der Waals surface area contributed by atoms with Crippen LogP contribution in [0.1, 0.15) is 24.0 Å². The van der Waals surface area contributed by atoms with Crippen molar-refractivity contribution in [3.63, 3.8) is 0 Å². The minimum atomic E-state index is -0.428. The van der Waals surface area contributed by atoms with Gasteiger partial charge in [-0.05, 0) is 37.0 Å². The molecule has 0 unspecified atom stereocenters. The second kappa shape index (κ2) is 4.11. The molecule has 1 aromatic carbocycles. The summed E-state index contributed by atoms with van der Waals surface area (Å²) in [5, 5.41) is 0. The number of rotatable bonds is 4. The predicted molar refractivity (Wildman–Crippen MR) is 56.9 cm³/mol. The van der Waals surface area contributed by atoms with E-state index in [1.165, 1.54) is 19.2 Å². The van der Waals surface area contributed by atoms with Crippen molar-refractivity contribution in [3.8, 4) is 0 Å². The van der Waals surface area contributed by atoms with Crippen molar-refractivity contribution in [1.29, 1.82) is 0 Å². The maximum Gasteiger partial charge on any atom is 0.129 e. The van der Waals surface area contributed by atoms with Gasteiger partial charge >= 0.3 is 0 Å². The van der Waals surface area contributed by atoms with E-state index in [1.807, 2.05) is 0 Å². The molecule has 1 aromatic rings. The Labute approximate surface area is 93.4 Å². The van der Waals surface area contributed by atoms with Crippen molar-refractivity contribution >= 4 is 0 Å². The van der Waals surface area contributed by atoms with Gasteiger partial charge in [-0.25, -0.2) is 8.78 Å². The summed E-state index contributed by atoms with van der Waals surface area (Å²) in [6.45, 7) is 0.0802. The third kappa shape index (κ3) is 2.39. The van der Waals surface area contributed by atoms with E-state index in [0.29, 0.717) is 12.0 Å². The number of benzene rings is 1. The zero-order valence-electron chi connectivity index (χ0n) is 9.22. The Hall–Kier alpha value is -1.00. The Kier molecular flexibility index (Phi) is 2.95. The molecule has 0 bridgehead atoms. The average molecular weight is 227 g/mol. The maximum absolute atomic E-state index is 13.6. The minimum absolute atomic E-state index is 0.0802. The zero-order chi connectivity index (χ0) is 11.8. The van der Waals surface area contributed by atoms with Gasteiger partial charge in [0.1, 0.15) is 11.6 Å². The van der Waals surface area contributed by atoms with Gasteiger partial charge in [0, 0.05) is 18.2 Å². The van der Waals surface area contributed by atoms with E-state index in [0.717, 1.165) is 12.8 Å². The van der Waals surface area contributed by atoms with E-state index in [2.05, 4.69) is 0 Å². The van der Waals surface area contributed by atoms with Crippen molar-refractivity contribution in [2.45, 2.75) is 31.4 Å². The van der Waals surface area contributed by atoms with Crippen LogP contribution in [0.25, 0.3) is 0 Å². The SMILES string of the molecule is COCc1cc(F)c(CC2(N)CC2)cc1F. The third-order valence-electron chi connectivity index (χ3n) is 2.95. The van der Waals surface area contributed by atoms with Crippen LogP contribution in [-0.2, 0) is 17.8 Å². The Morgan fingerprint density at radius 3 is 2.38 bits per heavy atom. The van der Waals surface area contributed by atoms with Crippen LogP contribution in [0, 0.1) is 11.6 Å². The summed E-state index contributed by atoms with van der Waals surface area (Å²) < 4.78 is 31.9. The number of methoxy groups -OCH3 is 1. The van der Waals surface area contributed by atoms with Gasteiger partial charge in [-0.15, -0.1) is 0 Å². The van der Waals surface area contributed by atoms with Gasteiger partial charge in [0.25, 0.3) is 0 Å². The molecule has 2 N–H and O–H groups in total. The number of hydrogen-bond donors (Lipinski definition) is 1. The summed E-state index contributed by atoms with van der Waals surface area (Å²) in [5.74, 6) is -0.826. The van der Waals surface area contributed by atoms with E-state index < -0.39 is 11.6 Å². The highest BCUT2D eigenvalue weighted by molar-refractivity contribution is 5.28. The normalized spacial score (nSPS) is 17.5. The molecule has 1 fully saturated rings. The lowest BCUT2D eigenvalue weighted by Crippen LogP contribution is -2.25. The average Bonchev–Trinajstić information content (AvgIpc) is 2.92. The van der Waals surface area contributed by atoms with Crippen LogP contribution < -0.4 is 5.73 Å². The van der Waals surface area contributed by atoms with Crippen molar-refractivity contribution in [2.75, 3.05) is 7.11 Å². The Morgan fingerprint density at radius 1 is 1.25 bits per heavy atom. The number of halogens is 2. The fraction of sp³-hybridized carbons (Fsp3) is 0.500. The van der Waals surface area contributed by atoms with Crippen LogP contribution in [0.5, 0.6) is 0 Å². The molecule has 0 amide bonds. The van der Waals surface area contributed by atoms with Crippen LogP contribution in [-0.4, -0.2) is 12.6 Å². The van der Waals surface area contributed by atoms with Crippen LogP contribution in [0.4, 0.5) is 8.78 Å². The van der Waals surface area contributed by atoms with E-state index in [-0.39, 0.29) is 17.7 Å². The van der Waals surface area contributed by atoms with Crippen LogP contribution in [0.2, 0.25) is 0 Å². The second-order valence-electron chi connectivity index (χ2n) is 4.51. The second-order valence-corrected chi connectivity index (χ2v) is 4.51. The lowest BCUT2D eigenvalue weighted by atomic mass is 10.0. The number of hydrogen-bond acceptors (Lipinski definition) is 2. The standard InChI is InChI=1S/C12H15F2NO/c1-16-7-9-5-10(13)8(4-11(9)14)6-12(15)2-3-12/h4-5H,2-3,6-7,15H2,1H3. The molecule has 0 spiro atoms. The van der Waals surface area contributed by atoms with Crippen LogP contribution in [0.3, 0.4) is 0 Å². The predicted octanol–water partition coefficient (Wildman–Crippen LogP) is 2.15. The van der Waals surface area contributed by atoms with Crippen LogP contribution in [0.15, 0.2) is 12.1 Å². The molecule has 0 saturated heterocycles. The first-order valence-electron chi connectivity index (χ1n) is 5.29. The molecule has 1 aliphatic carbocycles. The zero-order valence-corrected chi connectivity index (χ0v) is 9.22. The van der Waals surface area contributed by atoms with Gasteiger partial charge in [0.15, 0.2) is 0 Å². The Morgan fingerprint density at radius 2 is 1.81 bits per heavy atom. The lowest BCUT2D eigenvalue weighted by Gasteiger charge is -2.11. The smallest absolute Gasteiger partial charge is 0.129 e. The molecular formula is C12H15F2NO. The summed E-state index contributed by atoms with van der Waals surface area (Å²) in [5.41, 5.74) is 6.17. The molecule has 1 aliphatic rings. The van der Waals surface area contributed by atoms with Gasteiger partial charge in [-0.3, -0.25) is 0 Å². The highest BCUT2D eigenvalue weighted by Gasteiger charge is 2.38. The summed E-state index contributed by atoms with van der Waals surface area (Å²) in [7, 11) is 1.45. The first kappa shape index (κ1) is 11.5. The topological polar surface area (TPSA) is 35.2 Å². The summed E-state index contributed by atoms with van der Waals surface area (Å²) in [4.78, 5) is 0. The summed E-state index contributed by atoms with van der Waals surface area (Å²) in [6, 6.07) is 2.43. The molecule has 0 radical (unpaired) electrons. The monoisotopic (exact) mass is 227 g/mol. The van der Waals surface area contributed by atoms with Gasteiger partial charge in [-0.1, -0.05) is 0 Å². The Balaban J connectivity index is 2.23. The molecule has 4 heteroatoms. The molecule has 0 atom stereocenters. The fourth-order valence-corrected chi connectivity index (χ4v) is 1.75. The first-order valence-corrected chi connectivity index (χ1v) is 5.29. The molecule has 88 valence electrons. The van der Waals surface area contributed by atoms with E-state index in [4.69, 9.17) is 10.5 Å². The number of nitrogens with two attached hydrogens (primary N) is 1. The number of ether oxygens (including phenoxy) is 1. The van der Waals surface area contributed by atoms with Crippen molar-refractivity contribution in [3.05, 3.63) is 34.9 Å². The van der Waals surface area contributed by atoms with Gasteiger partial charge < -0.3 is 10.5 Å². The molecule has 16 heavy (non-hydrogen) atoms. The van der Waals surface area contributed by atoms with Gasteiger partial charge in [0.2, 0.25) is 0 Å². The van der Waals surface area contributed by atoms with Gasteiger partial charge in [-0.2, -0.15) is 0 Å². The van der Waals surface area contributed by atoms with Crippen molar-refractivity contribution in [2.24, 2.45) is 5.73 Å². The maximum atomic E-state index is 13.6. The minimum Gasteiger partial charge on any atom is -0.380 e. The molecular weight excluding hydrogens is 212 g/mol. The quantitative estimate of drug-likeness (QED) is 0.855. The molecule has 0 heterocycles. The highest BCUT2D eigenvalue weighted by Crippen LogP contribution is 2.36. The highest BCUT2D eigenvalue weighted by atomic mass is 19.1. The van der Waals surface area contributed by atoms with Gasteiger partial charge in [0.05, 0.1) is 6.61 Å². The summed E-state index contributed by atoms with van der Waals surface area (Å²) >= 11 is 0. The fourth-order valence-electron chi connectivity index (χ4n) is 1.75. The van der Waals surface area contributed by atoms with E-state index in [1.54, 1.807) is 0 Å². The molecule has 2 rings (SSSR count). The lowest BCUT2D eigenvalue weighted by molar-refractivity contribution is 0.181. The Bertz CT molecular complexity index is 402.